The van der Waals surface area contributed by atoms with Crippen LogP contribution in [0.1, 0.15) is 24.1 Å². The average molecular weight is 361 g/mol. The highest BCUT2D eigenvalue weighted by molar-refractivity contribution is 9.10. The van der Waals surface area contributed by atoms with Crippen molar-refractivity contribution < 1.29 is 8.78 Å². The minimum atomic E-state index is -0.849. The molecule has 1 nitrogen and oxygen atoms in total. The molecule has 0 saturated carbocycles. The molecule has 5 heteroatoms. The monoisotopic (exact) mass is 359 g/mol. The molecule has 0 fully saturated rings. The first-order chi connectivity index (χ1) is 9.54. The van der Waals surface area contributed by atoms with E-state index >= 15 is 0 Å². The van der Waals surface area contributed by atoms with Gasteiger partial charge in [-0.05, 0) is 46.2 Å². The Morgan fingerprint density at radius 3 is 2.65 bits per heavy atom. The molecule has 2 aromatic rings. The van der Waals surface area contributed by atoms with Crippen molar-refractivity contribution in [1.29, 1.82) is 0 Å². The van der Waals surface area contributed by atoms with Gasteiger partial charge in [-0.2, -0.15) is 0 Å². The summed E-state index contributed by atoms with van der Waals surface area (Å²) in [6.07, 6.45) is 0. The van der Waals surface area contributed by atoms with Crippen LogP contribution in [0.2, 0.25) is 5.02 Å². The predicted octanol–water partition coefficient (Wildman–Crippen LogP) is 5.08. The van der Waals surface area contributed by atoms with Crippen LogP contribution >= 0.6 is 27.5 Å². The molecule has 0 aromatic heterocycles. The molecule has 0 bridgehead atoms. The fraction of sp³-hybridized carbons (Fsp3) is 0.200. The van der Waals surface area contributed by atoms with Crippen LogP contribution in [0.4, 0.5) is 8.78 Å². The zero-order valence-corrected chi connectivity index (χ0v) is 13.1. The van der Waals surface area contributed by atoms with Gasteiger partial charge in [0.1, 0.15) is 0 Å². The quantitative estimate of drug-likeness (QED) is 0.802. The number of hydrogen-bond donors (Lipinski definition) is 1. The van der Waals surface area contributed by atoms with Crippen LogP contribution in [0.15, 0.2) is 40.9 Å². The van der Waals surface area contributed by atoms with E-state index in [1.807, 2.05) is 6.92 Å². The van der Waals surface area contributed by atoms with Crippen LogP contribution in [0.5, 0.6) is 0 Å². The highest BCUT2D eigenvalue weighted by Gasteiger charge is 2.19. The van der Waals surface area contributed by atoms with Crippen molar-refractivity contribution in [2.24, 2.45) is 0 Å². The minimum Gasteiger partial charge on any atom is -0.306 e. The van der Waals surface area contributed by atoms with Crippen LogP contribution in [-0.4, -0.2) is 6.54 Å². The summed E-state index contributed by atoms with van der Waals surface area (Å²) in [5.74, 6) is -1.68. The number of hydrogen-bond acceptors (Lipinski definition) is 1. The lowest BCUT2D eigenvalue weighted by Gasteiger charge is -2.20. The molecular formula is C15H13BrClF2N. The second-order valence-corrected chi connectivity index (χ2v) is 5.57. The molecule has 0 aliphatic carbocycles. The van der Waals surface area contributed by atoms with E-state index in [1.54, 1.807) is 24.3 Å². The highest BCUT2D eigenvalue weighted by atomic mass is 79.9. The van der Waals surface area contributed by atoms with Gasteiger partial charge in [-0.25, -0.2) is 8.78 Å². The first kappa shape index (κ1) is 15.4. The van der Waals surface area contributed by atoms with Crippen LogP contribution in [-0.2, 0) is 0 Å². The third-order valence-electron chi connectivity index (χ3n) is 2.98. The van der Waals surface area contributed by atoms with E-state index < -0.39 is 17.7 Å². The predicted molar refractivity (Wildman–Crippen MR) is 81.0 cm³/mol. The third-order valence-corrected chi connectivity index (χ3v) is 4.19. The van der Waals surface area contributed by atoms with Crippen molar-refractivity contribution in [3.8, 4) is 0 Å². The molecule has 2 rings (SSSR count). The van der Waals surface area contributed by atoms with Gasteiger partial charge >= 0.3 is 0 Å². The van der Waals surface area contributed by atoms with Gasteiger partial charge in [0.2, 0.25) is 0 Å². The molecule has 2 aromatic carbocycles. The summed E-state index contributed by atoms with van der Waals surface area (Å²) < 4.78 is 28.1. The molecule has 0 heterocycles. The molecule has 1 unspecified atom stereocenters. The van der Waals surface area contributed by atoms with Gasteiger partial charge in [0.25, 0.3) is 0 Å². The molecule has 0 spiro atoms. The largest absolute Gasteiger partial charge is 0.306 e. The van der Waals surface area contributed by atoms with Gasteiger partial charge < -0.3 is 5.32 Å². The van der Waals surface area contributed by atoms with Crippen molar-refractivity contribution in [2.75, 3.05) is 6.54 Å². The Morgan fingerprint density at radius 2 is 2.00 bits per heavy atom. The van der Waals surface area contributed by atoms with Gasteiger partial charge in [-0.15, -0.1) is 0 Å². The molecule has 0 radical (unpaired) electrons. The van der Waals surface area contributed by atoms with Crippen LogP contribution in [0.25, 0.3) is 0 Å². The molecule has 1 atom stereocenters. The summed E-state index contributed by atoms with van der Waals surface area (Å²) in [6, 6.07) is 9.09. The fourth-order valence-electron chi connectivity index (χ4n) is 2.05. The van der Waals surface area contributed by atoms with E-state index in [1.165, 1.54) is 6.07 Å². The van der Waals surface area contributed by atoms with Gasteiger partial charge in [-0.3, -0.25) is 0 Å². The molecule has 1 N–H and O–H groups in total. The number of rotatable bonds is 4. The first-order valence-electron chi connectivity index (χ1n) is 6.16. The van der Waals surface area contributed by atoms with Crippen molar-refractivity contribution in [1.82, 2.24) is 5.32 Å². The lowest BCUT2D eigenvalue weighted by Crippen LogP contribution is -2.23. The van der Waals surface area contributed by atoms with Crippen LogP contribution < -0.4 is 5.32 Å². The summed E-state index contributed by atoms with van der Waals surface area (Å²) in [5, 5.41) is 3.73. The molecule has 106 valence electrons. The minimum absolute atomic E-state index is 0.279. The Balaban J connectivity index is 2.50. The van der Waals surface area contributed by atoms with Crippen LogP contribution in [0.3, 0.4) is 0 Å². The maximum atomic E-state index is 14.0. The topological polar surface area (TPSA) is 12.0 Å². The lowest BCUT2D eigenvalue weighted by molar-refractivity contribution is 0.483. The third kappa shape index (κ3) is 3.19. The van der Waals surface area contributed by atoms with Gasteiger partial charge in [0.05, 0.1) is 11.1 Å². The zero-order valence-electron chi connectivity index (χ0n) is 10.8. The first-order valence-corrected chi connectivity index (χ1v) is 7.34. The van der Waals surface area contributed by atoms with E-state index in [2.05, 4.69) is 21.2 Å². The van der Waals surface area contributed by atoms with E-state index in [0.29, 0.717) is 11.6 Å². The Bertz CT molecular complexity index is 619. The second-order valence-electron chi connectivity index (χ2n) is 4.31. The Hall–Kier alpha value is -0.970. The normalized spacial score (nSPS) is 12.4. The smallest absolute Gasteiger partial charge is 0.163 e. The second kappa shape index (κ2) is 6.66. The zero-order chi connectivity index (χ0) is 14.7. The maximum Gasteiger partial charge on any atom is 0.163 e. The number of halogens is 4. The molecule has 0 amide bonds. The standard InChI is InChI=1S/C15H13BrClF2N/c1-2-20-15(9-6-7-12(17)11(16)8-9)10-4-3-5-13(18)14(10)19/h3-8,15,20H,2H2,1H3. The highest BCUT2D eigenvalue weighted by Crippen LogP contribution is 2.30. The summed E-state index contributed by atoms with van der Waals surface area (Å²) >= 11 is 9.31. The summed E-state index contributed by atoms with van der Waals surface area (Å²) in [7, 11) is 0. The number of nitrogens with one attached hydrogen (secondary N) is 1. The number of benzene rings is 2. The maximum absolute atomic E-state index is 14.0. The van der Waals surface area contributed by atoms with E-state index in [9.17, 15) is 8.78 Å². The Morgan fingerprint density at radius 1 is 1.25 bits per heavy atom. The van der Waals surface area contributed by atoms with Crippen molar-refractivity contribution >= 4 is 27.5 Å². The van der Waals surface area contributed by atoms with E-state index in [-0.39, 0.29) is 5.56 Å². The van der Waals surface area contributed by atoms with E-state index in [0.717, 1.165) is 16.1 Å². The van der Waals surface area contributed by atoms with Crippen molar-refractivity contribution in [3.05, 3.63) is 68.7 Å². The molecule has 0 saturated heterocycles. The molecule has 0 aliphatic heterocycles. The molecule has 20 heavy (non-hydrogen) atoms. The Labute approximate surface area is 130 Å². The van der Waals surface area contributed by atoms with Crippen LogP contribution in [0, 0.1) is 11.6 Å². The van der Waals surface area contributed by atoms with Gasteiger partial charge in [0.15, 0.2) is 11.6 Å². The molecular weight excluding hydrogens is 348 g/mol. The van der Waals surface area contributed by atoms with Crippen molar-refractivity contribution in [2.45, 2.75) is 13.0 Å². The lowest BCUT2D eigenvalue weighted by atomic mass is 9.98. The SMILES string of the molecule is CCNC(c1ccc(Cl)c(Br)c1)c1cccc(F)c1F. The Kier molecular flexibility index (Phi) is 5.13. The fourth-order valence-corrected chi connectivity index (χ4v) is 2.56. The van der Waals surface area contributed by atoms with Gasteiger partial charge in [0, 0.05) is 10.0 Å². The summed E-state index contributed by atoms with van der Waals surface area (Å²) in [5.41, 5.74) is 1.09. The summed E-state index contributed by atoms with van der Waals surface area (Å²) in [4.78, 5) is 0. The average Bonchev–Trinajstić information content (AvgIpc) is 2.43. The van der Waals surface area contributed by atoms with Crippen molar-refractivity contribution in [3.63, 3.8) is 0 Å². The summed E-state index contributed by atoms with van der Waals surface area (Å²) in [6.45, 7) is 2.54. The van der Waals surface area contributed by atoms with Gasteiger partial charge in [-0.1, -0.05) is 36.7 Å². The molecule has 0 aliphatic rings. The van der Waals surface area contributed by atoms with E-state index in [4.69, 9.17) is 11.6 Å².